The number of halogens is 1. The van der Waals surface area contributed by atoms with Crippen molar-refractivity contribution in [1.29, 1.82) is 0 Å². The van der Waals surface area contributed by atoms with Crippen LogP contribution in [-0.2, 0) is 6.42 Å². The minimum atomic E-state index is -0.633. The van der Waals surface area contributed by atoms with Crippen molar-refractivity contribution in [1.82, 2.24) is 0 Å². The molecule has 3 N–H and O–H groups in total. The molecule has 0 spiro atoms. The van der Waals surface area contributed by atoms with Gasteiger partial charge in [0.1, 0.15) is 5.75 Å². The van der Waals surface area contributed by atoms with Crippen molar-refractivity contribution in [3.05, 3.63) is 64.0 Å². The Bertz CT molecular complexity index is 1110. The van der Waals surface area contributed by atoms with Gasteiger partial charge in [-0.05, 0) is 35.9 Å². The summed E-state index contributed by atoms with van der Waals surface area (Å²) in [5, 5.41) is 3.07. The van der Waals surface area contributed by atoms with Crippen molar-refractivity contribution < 1.29 is 14.3 Å². The van der Waals surface area contributed by atoms with Gasteiger partial charge in [0.25, 0.3) is 5.91 Å². The lowest BCUT2D eigenvalue weighted by Gasteiger charge is -2.17. The molecule has 0 radical (unpaired) electrons. The van der Waals surface area contributed by atoms with E-state index in [1.807, 2.05) is 30.3 Å². The second-order valence-corrected chi connectivity index (χ2v) is 8.04. The number of nitrogens with two attached hydrogens (primary N) is 1. The first-order valence-corrected chi connectivity index (χ1v) is 10.1. The lowest BCUT2D eigenvalue weighted by Crippen LogP contribution is -2.25. The van der Waals surface area contributed by atoms with E-state index in [0.29, 0.717) is 40.1 Å². The topological polar surface area (TPSA) is 84.7 Å². The van der Waals surface area contributed by atoms with Gasteiger partial charge in [0.2, 0.25) is 0 Å². The van der Waals surface area contributed by atoms with Gasteiger partial charge in [-0.15, -0.1) is 11.3 Å². The van der Waals surface area contributed by atoms with Crippen LogP contribution < -0.4 is 20.7 Å². The van der Waals surface area contributed by atoms with Crippen LogP contribution in [0, 0.1) is 0 Å². The van der Waals surface area contributed by atoms with Gasteiger partial charge in [0, 0.05) is 35.7 Å². The molecule has 8 heteroatoms. The lowest BCUT2D eigenvalue weighted by molar-refractivity contribution is 0.0996. The number of primary amides is 1. The Morgan fingerprint density at radius 3 is 2.76 bits per heavy atom. The van der Waals surface area contributed by atoms with Gasteiger partial charge in [-0.25, -0.2) is 4.79 Å². The van der Waals surface area contributed by atoms with Gasteiger partial charge < -0.3 is 20.7 Å². The van der Waals surface area contributed by atoms with Crippen molar-refractivity contribution in [3.63, 3.8) is 0 Å². The molecule has 148 valence electrons. The Morgan fingerprint density at radius 1 is 1.21 bits per heavy atom. The fourth-order valence-corrected chi connectivity index (χ4v) is 4.75. The summed E-state index contributed by atoms with van der Waals surface area (Å²) in [4.78, 5) is 27.4. The molecule has 1 aliphatic heterocycles. The van der Waals surface area contributed by atoms with E-state index < -0.39 is 6.03 Å². The number of anilines is 2. The first kappa shape index (κ1) is 19.3. The summed E-state index contributed by atoms with van der Waals surface area (Å²) in [6.45, 7) is 0.477. The minimum absolute atomic E-state index is 0.120. The molecule has 2 heterocycles. The van der Waals surface area contributed by atoms with Crippen molar-refractivity contribution >= 4 is 46.3 Å². The van der Waals surface area contributed by atoms with Crippen molar-refractivity contribution in [2.45, 2.75) is 6.42 Å². The number of carbonyl (C=O) groups excluding carboxylic acids is 2. The summed E-state index contributed by atoms with van der Waals surface area (Å²) in [5.74, 6) is 0.529. The monoisotopic (exact) mass is 427 g/mol. The molecule has 3 aromatic rings. The van der Waals surface area contributed by atoms with Crippen molar-refractivity contribution in [3.8, 4) is 16.2 Å². The molecule has 0 fully saturated rings. The minimum Gasteiger partial charge on any atom is -0.492 e. The SMILES string of the molecule is CN(C(=O)c1cc2c(s1)-c1ccc(NC(N)=O)cc1OCC2)c1ccccc1Cl. The van der Waals surface area contributed by atoms with Crippen LogP contribution in [0.15, 0.2) is 48.5 Å². The molecular formula is C21H18ClN3O3S. The van der Waals surface area contributed by atoms with Crippen LogP contribution in [0.1, 0.15) is 15.2 Å². The maximum Gasteiger partial charge on any atom is 0.316 e. The number of nitrogens with one attached hydrogen (secondary N) is 1. The number of carbonyl (C=O) groups is 2. The zero-order valence-corrected chi connectivity index (χ0v) is 17.1. The summed E-state index contributed by atoms with van der Waals surface area (Å²) in [6, 6.07) is 13.9. The Morgan fingerprint density at radius 2 is 2.00 bits per heavy atom. The quantitative estimate of drug-likeness (QED) is 0.631. The number of urea groups is 1. The second kappa shape index (κ2) is 7.77. The Kier molecular flexibility index (Phi) is 5.17. The summed E-state index contributed by atoms with van der Waals surface area (Å²) in [5.41, 5.74) is 8.35. The molecule has 0 unspecified atom stereocenters. The largest absolute Gasteiger partial charge is 0.492 e. The average Bonchev–Trinajstić information content (AvgIpc) is 3.03. The number of hydrogen-bond acceptors (Lipinski definition) is 4. The predicted octanol–water partition coefficient (Wildman–Crippen LogP) is 4.77. The van der Waals surface area contributed by atoms with E-state index >= 15 is 0 Å². The normalized spacial score (nSPS) is 12.2. The highest BCUT2D eigenvalue weighted by molar-refractivity contribution is 7.17. The number of amides is 3. The Balaban J connectivity index is 1.69. The zero-order chi connectivity index (χ0) is 20.5. The van der Waals surface area contributed by atoms with Crippen LogP contribution in [0.3, 0.4) is 0 Å². The third-order valence-electron chi connectivity index (χ3n) is 4.66. The van der Waals surface area contributed by atoms with E-state index in [9.17, 15) is 9.59 Å². The highest BCUT2D eigenvalue weighted by atomic mass is 35.5. The van der Waals surface area contributed by atoms with E-state index in [0.717, 1.165) is 16.0 Å². The highest BCUT2D eigenvalue weighted by Gasteiger charge is 2.24. The molecule has 0 saturated heterocycles. The lowest BCUT2D eigenvalue weighted by atomic mass is 10.1. The third kappa shape index (κ3) is 3.79. The fourth-order valence-electron chi connectivity index (χ4n) is 3.27. The average molecular weight is 428 g/mol. The summed E-state index contributed by atoms with van der Waals surface area (Å²) >= 11 is 7.67. The molecule has 1 aliphatic rings. The number of para-hydroxylation sites is 1. The Hall–Kier alpha value is -3.03. The Labute approximate surface area is 176 Å². The van der Waals surface area contributed by atoms with E-state index in [4.69, 9.17) is 22.1 Å². The smallest absolute Gasteiger partial charge is 0.316 e. The first-order chi connectivity index (χ1) is 13.9. The van der Waals surface area contributed by atoms with Crippen LogP contribution in [0.25, 0.3) is 10.4 Å². The second-order valence-electron chi connectivity index (χ2n) is 6.58. The molecule has 0 bridgehead atoms. The molecule has 6 nitrogen and oxygen atoms in total. The van der Waals surface area contributed by atoms with E-state index in [1.165, 1.54) is 11.3 Å². The van der Waals surface area contributed by atoms with Gasteiger partial charge in [-0.1, -0.05) is 23.7 Å². The zero-order valence-electron chi connectivity index (χ0n) is 15.6. The molecule has 4 rings (SSSR count). The first-order valence-electron chi connectivity index (χ1n) is 8.93. The standard InChI is InChI=1S/C21H18ClN3O3S/c1-25(16-5-3-2-4-15(16)22)20(26)18-10-12-8-9-28-17-11-13(24-21(23)27)6-7-14(17)19(12)29-18/h2-7,10-11H,8-9H2,1H3,(H3,23,24,27). The molecule has 0 atom stereocenters. The number of thiophene rings is 1. The maximum atomic E-state index is 13.1. The van der Waals surface area contributed by atoms with E-state index in [2.05, 4.69) is 5.32 Å². The van der Waals surface area contributed by atoms with Gasteiger partial charge in [0.15, 0.2) is 0 Å². The predicted molar refractivity (Wildman–Crippen MR) is 116 cm³/mol. The van der Waals surface area contributed by atoms with E-state index in [1.54, 1.807) is 30.1 Å². The number of rotatable bonds is 3. The number of fused-ring (bicyclic) bond motifs is 3. The van der Waals surface area contributed by atoms with Gasteiger partial charge in [-0.3, -0.25) is 4.79 Å². The summed E-state index contributed by atoms with van der Waals surface area (Å²) in [7, 11) is 1.72. The van der Waals surface area contributed by atoms with E-state index in [-0.39, 0.29) is 5.91 Å². The molecule has 0 aliphatic carbocycles. The molecule has 29 heavy (non-hydrogen) atoms. The number of nitrogens with zero attached hydrogens (tertiary/aromatic N) is 1. The van der Waals surface area contributed by atoms with Gasteiger partial charge >= 0.3 is 6.03 Å². The van der Waals surface area contributed by atoms with Gasteiger partial charge in [-0.2, -0.15) is 0 Å². The van der Waals surface area contributed by atoms with Crippen LogP contribution >= 0.6 is 22.9 Å². The van der Waals surface area contributed by atoms with Crippen LogP contribution in [0.4, 0.5) is 16.2 Å². The number of ether oxygens (including phenoxy) is 1. The molecule has 0 saturated carbocycles. The molecule has 3 amide bonds. The molecule has 1 aromatic heterocycles. The number of hydrogen-bond donors (Lipinski definition) is 2. The fraction of sp³-hybridized carbons (Fsp3) is 0.143. The summed E-state index contributed by atoms with van der Waals surface area (Å²) in [6.07, 6.45) is 0.683. The highest BCUT2D eigenvalue weighted by Crippen LogP contribution is 2.42. The molecule has 2 aromatic carbocycles. The van der Waals surface area contributed by atoms with Crippen molar-refractivity contribution in [2.75, 3.05) is 23.9 Å². The number of benzene rings is 2. The van der Waals surface area contributed by atoms with Crippen molar-refractivity contribution in [2.24, 2.45) is 5.73 Å². The third-order valence-corrected chi connectivity index (χ3v) is 6.18. The summed E-state index contributed by atoms with van der Waals surface area (Å²) < 4.78 is 5.85. The van der Waals surface area contributed by atoms with Gasteiger partial charge in [0.05, 0.1) is 22.2 Å². The van der Waals surface area contributed by atoms with Crippen LogP contribution in [0.2, 0.25) is 5.02 Å². The molecular weight excluding hydrogens is 410 g/mol. The van der Waals surface area contributed by atoms with Crippen LogP contribution in [0.5, 0.6) is 5.75 Å². The maximum absolute atomic E-state index is 13.1. The van der Waals surface area contributed by atoms with Crippen LogP contribution in [-0.4, -0.2) is 25.6 Å².